The number of alkyl halides is 3. The second-order valence-corrected chi connectivity index (χ2v) is 8.06. The van der Waals surface area contributed by atoms with Crippen LogP contribution in [0.15, 0.2) is 29.4 Å². The van der Waals surface area contributed by atoms with E-state index in [1.54, 1.807) is 17.8 Å². The van der Waals surface area contributed by atoms with Gasteiger partial charge in [-0.3, -0.25) is 4.98 Å². The highest BCUT2D eigenvalue weighted by Gasteiger charge is 2.45. The Morgan fingerprint density at radius 2 is 2.00 bits per heavy atom. The fourth-order valence-corrected chi connectivity index (χ4v) is 3.97. The summed E-state index contributed by atoms with van der Waals surface area (Å²) < 4.78 is 41.0. The van der Waals surface area contributed by atoms with Crippen molar-refractivity contribution in [2.75, 3.05) is 5.75 Å². The number of hydrogen-bond acceptors (Lipinski definition) is 5. The molecule has 0 amide bonds. The Hall–Kier alpha value is -2.60. The Kier molecular flexibility index (Phi) is 4.34. The van der Waals surface area contributed by atoms with E-state index in [0.717, 1.165) is 30.7 Å². The molecule has 1 saturated carbocycles. The lowest BCUT2D eigenvalue weighted by Gasteiger charge is -2.11. The molecule has 3 heterocycles. The van der Waals surface area contributed by atoms with Crippen LogP contribution in [0.3, 0.4) is 0 Å². The molecule has 0 aliphatic heterocycles. The second kappa shape index (κ2) is 6.48. The van der Waals surface area contributed by atoms with Crippen LogP contribution >= 0.6 is 11.8 Å². The lowest BCUT2D eigenvalue weighted by molar-refractivity contribution is -0.138. The van der Waals surface area contributed by atoms with Crippen molar-refractivity contribution in [3.05, 3.63) is 35.7 Å². The van der Waals surface area contributed by atoms with E-state index in [1.165, 1.54) is 11.8 Å². The van der Waals surface area contributed by atoms with Gasteiger partial charge in [-0.15, -0.1) is 11.8 Å². The fourth-order valence-electron chi connectivity index (χ4n) is 3.17. The van der Waals surface area contributed by atoms with E-state index >= 15 is 0 Å². The van der Waals surface area contributed by atoms with Gasteiger partial charge in [0.2, 0.25) is 0 Å². The van der Waals surface area contributed by atoms with Gasteiger partial charge in [-0.1, -0.05) is 6.92 Å². The Morgan fingerprint density at radius 3 is 2.61 bits per heavy atom. The number of nitriles is 1. The zero-order valence-electron chi connectivity index (χ0n) is 15.2. The van der Waals surface area contributed by atoms with Crippen molar-refractivity contribution in [2.45, 2.75) is 36.3 Å². The lowest BCUT2D eigenvalue weighted by atomic mass is 10.00. The van der Waals surface area contributed by atoms with E-state index < -0.39 is 17.2 Å². The van der Waals surface area contributed by atoms with Gasteiger partial charge in [-0.2, -0.15) is 18.4 Å². The molecule has 9 heteroatoms. The molecule has 0 atom stereocenters. The van der Waals surface area contributed by atoms with Gasteiger partial charge in [0.25, 0.3) is 0 Å². The zero-order valence-corrected chi connectivity index (χ0v) is 16.0. The van der Waals surface area contributed by atoms with Crippen molar-refractivity contribution in [1.82, 2.24) is 19.5 Å². The maximum absolute atomic E-state index is 13.1. The van der Waals surface area contributed by atoms with Gasteiger partial charge in [0, 0.05) is 24.3 Å². The maximum Gasteiger partial charge on any atom is 0.417 e. The number of imidazole rings is 1. The van der Waals surface area contributed by atoms with E-state index in [-0.39, 0.29) is 0 Å². The average Bonchev–Trinajstić information content (AvgIpc) is 3.40. The predicted octanol–water partition coefficient (Wildman–Crippen LogP) is 4.72. The third-order valence-electron chi connectivity index (χ3n) is 4.92. The summed E-state index contributed by atoms with van der Waals surface area (Å²) in [5, 5.41) is 9.40. The summed E-state index contributed by atoms with van der Waals surface area (Å²) in [5.74, 6) is 1.05. The van der Waals surface area contributed by atoms with Gasteiger partial charge in [-0.05, 0) is 36.3 Å². The number of fused-ring (bicyclic) bond motifs is 1. The molecular formula is C19H16F3N5S. The van der Waals surface area contributed by atoms with E-state index in [1.807, 2.05) is 13.0 Å². The fraction of sp³-hybridized carbons (Fsp3) is 0.368. The van der Waals surface area contributed by atoms with E-state index in [2.05, 4.69) is 21.0 Å². The molecule has 0 aromatic carbocycles. The molecule has 0 radical (unpaired) electrons. The number of aryl methyl sites for hydroxylation is 1. The number of pyridine rings is 2. The summed E-state index contributed by atoms with van der Waals surface area (Å²) in [4.78, 5) is 13.5. The van der Waals surface area contributed by atoms with Crippen LogP contribution < -0.4 is 0 Å². The van der Waals surface area contributed by atoms with Crippen molar-refractivity contribution in [3.8, 4) is 17.6 Å². The Bertz CT molecular complexity index is 1110. The molecule has 1 aliphatic carbocycles. The molecular weight excluding hydrogens is 387 g/mol. The molecule has 1 aliphatic rings. The Labute approximate surface area is 163 Å². The third-order valence-corrected chi connectivity index (χ3v) is 5.83. The summed E-state index contributed by atoms with van der Waals surface area (Å²) in [6, 6.07) is 5.30. The first-order valence-electron chi connectivity index (χ1n) is 8.73. The topological polar surface area (TPSA) is 67.4 Å². The normalized spacial score (nSPS) is 15.6. The van der Waals surface area contributed by atoms with Crippen LogP contribution in [0.2, 0.25) is 0 Å². The summed E-state index contributed by atoms with van der Waals surface area (Å²) >= 11 is 1.29. The number of nitrogens with zero attached hydrogens (tertiary/aromatic N) is 5. The number of aromatic nitrogens is 4. The zero-order chi connectivity index (χ0) is 20.1. The molecule has 0 saturated heterocycles. The Balaban J connectivity index is 1.85. The van der Waals surface area contributed by atoms with Gasteiger partial charge >= 0.3 is 6.18 Å². The number of hydrogen-bond donors (Lipinski definition) is 0. The first kappa shape index (κ1) is 18.7. The highest BCUT2D eigenvalue weighted by atomic mass is 32.2. The summed E-state index contributed by atoms with van der Waals surface area (Å²) in [5.41, 5.74) is 1.16. The molecule has 144 valence electrons. The molecule has 3 aromatic heterocycles. The highest BCUT2D eigenvalue weighted by Crippen LogP contribution is 2.47. The molecule has 0 N–H and O–H groups in total. The summed E-state index contributed by atoms with van der Waals surface area (Å²) in [6.45, 7) is 1.87. The minimum atomic E-state index is -4.45. The first-order valence-corrected chi connectivity index (χ1v) is 9.72. The van der Waals surface area contributed by atoms with Crippen LogP contribution in [0.4, 0.5) is 13.2 Å². The van der Waals surface area contributed by atoms with Crippen molar-refractivity contribution in [3.63, 3.8) is 0 Å². The van der Waals surface area contributed by atoms with Crippen molar-refractivity contribution in [2.24, 2.45) is 7.05 Å². The maximum atomic E-state index is 13.1. The highest BCUT2D eigenvalue weighted by molar-refractivity contribution is 7.99. The molecule has 28 heavy (non-hydrogen) atoms. The van der Waals surface area contributed by atoms with Gasteiger partial charge in [-0.25, -0.2) is 9.97 Å². The molecule has 0 bridgehead atoms. The smallest absolute Gasteiger partial charge is 0.310 e. The Morgan fingerprint density at radius 1 is 1.25 bits per heavy atom. The molecule has 0 spiro atoms. The standard InChI is InChI=1S/C19H16F3N5S/c1-3-28-14-7-12(19(20,21)22)9-24-15(14)17-26-13-6-11(18(10-23)4-5-18)8-25-16(13)27(17)2/h6-9H,3-5H2,1-2H3. The van der Waals surface area contributed by atoms with Crippen LogP contribution in [0, 0.1) is 11.3 Å². The van der Waals surface area contributed by atoms with Crippen LogP contribution in [0.5, 0.6) is 0 Å². The summed E-state index contributed by atoms with van der Waals surface area (Å²) in [6.07, 6.45) is -0.330. The minimum absolute atomic E-state index is 0.392. The van der Waals surface area contributed by atoms with Gasteiger partial charge in [0.15, 0.2) is 11.5 Å². The van der Waals surface area contributed by atoms with Crippen LogP contribution in [-0.4, -0.2) is 25.3 Å². The quantitative estimate of drug-likeness (QED) is 0.590. The lowest BCUT2D eigenvalue weighted by Crippen LogP contribution is -2.07. The largest absolute Gasteiger partial charge is 0.417 e. The minimum Gasteiger partial charge on any atom is -0.310 e. The molecule has 4 rings (SSSR count). The third kappa shape index (κ3) is 3.02. The number of rotatable bonds is 4. The average molecular weight is 403 g/mol. The van der Waals surface area contributed by atoms with Crippen LogP contribution in [0.25, 0.3) is 22.7 Å². The first-order chi connectivity index (χ1) is 13.3. The van der Waals surface area contributed by atoms with E-state index in [4.69, 9.17) is 0 Å². The predicted molar refractivity (Wildman–Crippen MR) is 99.7 cm³/mol. The monoisotopic (exact) mass is 403 g/mol. The SMILES string of the molecule is CCSc1cc(C(F)(F)F)cnc1-c1nc2cc(C3(C#N)CC3)cnc2n1C. The second-order valence-electron chi connectivity index (χ2n) is 6.76. The number of thioether (sulfide) groups is 1. The molecule has 3 aromatic rings. The number of halogens is 3. The van der Waals surface area contributed by atoms with Crippen molar-refractivity contribution < 1.29 is 13.2 Å². The molecule has 1 fully saturated rings. The molecule has 5 nitrogen and oxygen atoms in total. The van der Waals surface area contributed by atoms with Crippen molar-refractivity contribution >= 4 is 22.9 Å². The van der Waals surface area contributed by atoms with Gasteiger partial charge in [0.1, 0.15) is 11.2 Å². The molecule has 0 unspecified atom stereocenters. The van der Waals surface area contributed by atoms with Gasteiger partial charge in [0.05, 0.1) is 17.0 Å². The van der Waals surface area contributed by atoms with E-state index in [9.17, 15) is 18.4 Å². The van der Waals surface area contributed by atoms with Crippen LogP contribution in [-0.2, 0) is 18.6 Å². The summed E-state index contributed by atoms with van der Waals surface area (Å²) in [7, 11) is 1.76. The van der Waals surface area contributed by atoms with Gasteiger partial charge < -0.3 is 4.57 Å². The van der Waals surface area contributed by atoms with E-state index in [0.29, 0.717) is 33.3 Å². The van der Waals surface area contributed by atoms with Crippen molar-refractivity contribution in [1.29, 1.82) is 5.26 Å². The van der Waals surface area contributed by atoms with Crippen LogP contribution in [0.1, 0.15) is 30.9 Å².